The van der Waals surface area contributed by atoms with E-state index in [1.54, 1.807) is 24.3 Å². The molecule has 0 aliphatic rings. The van der Waals surface area contributed by atoms with Crippen molar-refractivity contribution < 1.29 is 14.6 Å². The van der Waals surface area contributed by atoms with Crippen molar-refractivity contribution in [3.05, 3.63) is 36.4 Å². The van der Waals surface area contributed by atoms with Crippen molar-refractivity contribution in [1.82, 2.24) is 0 Å². The Balaban J connectivity index is 2.96. The summed E-state index contributed by atoms with van der Waals surface area (Å²) in [6, 6.07) is 6.79. The zero-order valence-corrected chi connectivity index (χ0v) is 6.36. The lowest BCUT2D eigenvalue weighted by Crippen LogP contribution is -2.03. The summed E-state index contributed by atoms with van der Waals surface area (Å²) < 4.78 is 4.48. The topological polar surface area (TPSA) is 46.5 Å². The maximum absolute atomic E-state index is 10.2. The maximum atomic E-state index is 10.2. The van der Waals surface area contributed by atoms with Gasteiger partial charge in [-0.1, -0.05) is 30.9 Å². The second kappa shape index (κ2) is 3.57. The van der Waals surface area contributed by atoms with E-state index in [1.165, 1.54) is 6.08 Å². The first-order valence-electron chi connectivity index (χ1n) is 3.36. The summed E-state index contributed by atoms with van der Waals surface area (Å²) in [7, 11) is 0. The number of benzene rings is 1. The van der Waals surface area contributed by atoms with Gasteiger partial charge in [0.25, 0.3) is 0 Å². The molecule has 0 bridgehead atoms. The lowest BCUT2D eigenvalue weighted by molar-refractivity contribution is 0.144. The molecule has 0 atom stereocenters. The van der Waals surface area contributed by atoms with Gasteiger partial charge in [-0.2, -0.15) is 0 Å². The van der Waals surface area contributed by atoms with Crippen molar-refractivity contribution >= 4 is 12.2 Å². The van der Waals surface area contributed by atoms with Crippen molar-refractivity contribution in [2.75, 3.05) is 0 Å². The molecule has 12 heavy (non-hydrogen) atoms. The Kier molecular flexibility index (Phi) is 2.48. The van der Waals surface area contributed by atoms with Crippen LogP contribution in [0.15, 0.2) is 30.8 Å². The van der Waals surface area contributed by atoms with E-state index in [2.05, 4.69) is 11.3 Å². The van der Waals surface area contributed by atoms with E-state index in [0.29, 0.717) is 11.3 Å². The van der Waals surface area contributed by atoms with E-state index in [1.807, 2.05) is 0 Å². The second-order valence-electron chi connectivity index (χ2n) is 2.11. The Hall–Kier alpha value is -1.77. The van der Waals surface area contributed by atoms with Gasteiger partial charge in [0.2, 0.25) is 0 Å². The molecule has 3 nitrogen and oxygen atoms in total. The lowest BCUT2D eigenvalue weighted by atomic mass is 10.2. The summed E-state index contributed by atoms with van der Waals surface area (Å²) >= 11 is 0. The average molecular weight is 164 g/mol. The van der Waals surface area contributed by atoms with E-state index in [-0.39, 0.29) is 0 Å². The summed E-state index contributed by atoms with van der Waals surface area (Å²) in [4.78, 5) is 10.2. The monoisotopic (exact) mass is 164 g/mol. The summed E-state index contributed by atoms with van der Waals surface area (Å²) in [5, 5.41) is 8.33. The Morgan fingerprint density at radius 3 is 2.75 bits per heavy atom. The number of para-hydroxylation sites is 1. The fourth-order valence-electron chi connectivity index (χ4n) is 0.836. The summed E-state index contributed by atoms with van der Waals surface area (Å²) in [6.45, 7) is 3.53. The molecule has 0 aromatic heterocycles. The van der Waals surface area contributed by atoms with Gasteiger partial charge in [0.15, 0.2) is 0 Å². The van der Waals surface area contributed by atoms with Crippen LogP contribution in [0, 0.1) is 0 Å². The molecule has 0 aliphatic carbocycles. The number of carbonyl (C=O) groups is 1. The van der Waals surface area contributed by atoms with E-state index >= 15 is 0 Å². The molecule has 1 N–H and O–H groups in total. The van der Waals surface area contributed by atoms with Crippen LogP contribution in [0.5, 0.6) is 5.75 Å². The predicted octanol–water partition coefficient (Wildman–Crippen LogP) is 2.39. The third-order valence-electron chi connectivity index (χ3n) is 1.34. The fourth-order valence-corrected chi connectivity index (χ4v) is 0.836. The van der Waals surface area contributed by atoms with E-state index in [0.717, 1.165) is 0 Å². The molecule has 1 aromatic carbocycles. The van der Waals surface area contributed by atoms with E-state index in [4.69, 9.17) is 5.11 Å². The number of carboxylic acid groups (broad SMARTS) is 1. The van der Waals surface area contributed by atoms with Gasteiger partial charge in [0, 0.05) is 5.56 Å². The molecule has 62 valence electrons. The van der Waals surface area contributed by atoms with Crippen LogP contribution < -0.4 is 4.74 Å². The van der Waals surface area contributed by atoms with Gasteiger partial charge >= 0.3 is 6.16 Å². The first-order chi connectivity index (χ1) is 5.74. The zero-order chi connectivity index (χ0) is 8.97. The van der Waals surface area contributed by atoms with Gasteiger partial charge in [-0.15, -0.1) is 0 Å². The Bertz CT molecular complexity index is 304. The molecule has 0 heterocycles. The van der Waals surface area contributed by atoms with Gasteiger partial charge in [0.1, 0.15) is 5.75 Å². The Labute approximate surface area is 69.9 Å². The van der Waals surface area contributed by atoms with Gasteiger partial charge in [-0.25, -0.2) is 4.79 Å². The highest BCUT2D eigenvalue weighted by molar-refractivity contribution is 5.65. The van der Waals surface area contributed by atoms with Crippen LogP contribution in [0.4, 0.5) is 4.79 Å². The third-order valence-corrected chi connectivity index (χ3v) is 1.34. The Morgan fingerprint density at radius 1 is 1.50 bits per heavy atom. The first-order valence-corrected chi connectivity index (χ1v) is 3.36. The van der Waals surface area contributed by atoms with E-state index in [9.17, 15) is 4.79 Å². The highest BCUT2D eigenvalue weighted by Gasteiger charge is 2.02. The second-order valence-corrected chi connectivity index (χ2v) is 2.11. The minimum absolute atomic E-state index is 0.306. The fraction of sp³-hybridized carbons (Fsp3) is 0. The average Bonchev–Trinajstić information content (AvgIpc) is 2.04. The van der Waals surface area contributed by atoms with Crippen molar-refractivity contribution in [2.45, 2.75) is 0 Å². The van der Waals surface area contributed by atoms with Crippen LogP contribution in [0.3, 0.4) is 0 Å². The van der Waals surface area contributed by atoms with Crippen molar-refractivity contribution in [3.63, 3.8) is 0 Å². The molecule has 0 fully saturated rings. The number of hydrogen-bond acceptors (Lipinski definition) is 2. The molecule has 1 aromatic rings. The number of hydrogen-bond donors (Lipinski definition) is 1. The van der Waals surface area contributed by atoms with Crippen molar-refractivity contribution in [3.8, 4) is 5.75 Å². The zero-order valence-electron chi connectivity index (χ0n) is 6.36. The third kappa shape index (κ3) is 1.85. The molecule has 0 unspecified atom stereocenters. The number of ether oxygens (including phenoxy) is 1. The standard InChI is InChI=1S/C9H8O3/c1-2-7-5-3-4-6-8(7)12-9(10)11/h2-6H,1H2,(H,10,11). The van der Waals surface area contributed by atoms with Crippen molar-refractivity contribution in [2.24, 2.45) is 0 Å². The highest BCUT2D eigenvalue weighted by atomic mass is 16.7. The quantitative estimate of drug-likeness (QED) is 0.539. The minimum atomic E-state index is -1.32. The molecule has 0 saturated heterocycles. The molecule has 0 radical (unpaired) electrons. The first kappa shape index (κ1) is 8.33. The molecule has 0 amide bonds. The largest absolute Gasteiger partial charge is 0.511 e. The minimum Gasteiger partial charge on any atom is -0.449 e. The molecule has 0 spiro atoms. The van der Waals surface area contributed by atoms with Crippen molar-refractivity contribution in [1.29, 1.82) is 0 Å². The van der Waals surface area contributed by atoms with Crippen LogP contribution in [0.1, 0.15) is 5.56 Å². The van der Waals surface area contributed by atoms with E-state index < -0.39 is 6.16 Å². The highest BCUT2D eigenvalue weighted by Crippen LogP contribution is 2.18. The Morgan fingerprint density at radius 2 is 2.17 bits per heavy atom. The van der Waals surface area contributed by atoms with Gasteiger partial charge in [-0.05, 0) is 6.07 Å². The summed E-state index contributed by atoms with van der Waals surface area (Å²) in [6.07, 6.45) is 0.224. The molecule has 1 rings (SSSR count). The maximum Gasteiger partial charge on any atom is 0.511 e. The smallest absolute Gasteiger partial charge is 0.449 e. The van der Waals surface area contributed by atoms with Crippen LogP contribution in [0.2, 0.25) is 0 Å². The predicted molar refractivity (Wildman–Crippen MR) is 45.2 cm³/mol. The SMILES string of the molecule is C=Cc1ccccc1OC(=O)O. The van der Waals surface area contributed by atoms with Crippen LogP contribution >= 0.6 is 0 Å². The summed E-state index contributed by atoms with van der Waals surface area (Å²) in [5.41, 5.74) is 0.667. The van der Waals surface area contributed by atoms with Gasteiger partial charge in [-0.3, -0.25) is 0 Å². The lowest BCUT2D eigenvalue weighted by Gasteiger charge is -2.02. The molecular formula is C9H8O3. The molecular weight excluding hydrogens is 156 g/mol. The summed E-state index contributed by atoms with van der Waals surface area (Å²) in [5.74, 6) is 0.306. The van der Waals surface area contributed by atoms with Crippen LogP contribution in [-0.2, 0) is 0 Å². The van der Waals surface area contributed by atoms with Crippen LogP contribution in [0.25, 0.3) is 6.08 Å². The van der Waals surface area contributed by atoms with Gasteiger partial charge < -0.3 is 9.84 Å². The molecule has 0 aliphatic heterocycles. The van der Waals surface area contributed by atoms with Gasteiger partial charge in [0.05, 0.1) is 0 Å². The van der Waals surface area contributed by atoms with Crippen LogP contribution in [-0.4, -0.2) is 11.3 Å². The normalized spacial score (nSPS) is 9.00. The molecule has 0 saturated carbocycles. The number of rotatable bonds is 2. The molecule has 3 heteroatoms.